The Hall–Kier alpha value is -3.42. The van der Waals surface area contributed by atoms with Gasteiger partial charge in [0.2, 0.25) is 5.91 Å². The number of nitrogens with one attached hydrogen (secondary N) is 2. The molecule has 3 aliphatic heterocycles. The van der Waals surface area contributed by atoms with Gasteiger partial charge in [0.15, 0.2) is 0 Å². The Kier molecular flexibility index (Phi) is 6.97. The van der Waals surface area contributed by atoms with Gasteiger partial charge in [-0.15, -0.1) is 0 Å². The Morgan fingerprint density at radius 1 is 1.20 bits per heavy atom. The van der Waals surface area contributed by atoms with E-state index in [-0.39, 0.29) is 18.7 Å². The summed E-state index contributed by atoms with van der Waals surface area (Å²) in [4.78, 5) is 17.1. The maximum Gasteiger partial charge on any atom is 0.232 e. The van der Waals surface area contributed by atoms with Crippen molar-refractivity contribution in [2.45, 2.75) is 12.3 Å². The first-order chi connectivity index (χ1) is 17.1. The molecule has 9 heteroatoms. The molecule has 1 amide bonds. The summed E-state index contributed by atoms with van der Waals surface area (Å²) < 4.78 is 11.2. The number of nitriles is 1. The monoisotopic (exact) mass is 475 g/mol. The molecule has 35 heavy (non-hydrogen) atoms. The van der Waals surface area contributed by atoms with Crippen molar-refractivity contribution < 1.29 is 19.4 Å². The van der Waals surface area contributed by atoms with Crippen molar-refractivity contribution in [1.82, 2.24) is 15.5 Å². The second-order valence-corrected chi connectivity index (χ2v) is 8.87. The predicted molar refractivity (Wildman–Crippen MR) is 130 cm³/mol. The lowest BCUT2D eigenvalue weighted by Crippen LogP contribution is -2.58. The zero-order chi connectivity index (χ0) is 24.2. The lowest BCUT2D eigenvalue weighted by atomic mass is 9.90. The van der Waals surface area contributed by atoms with Crippen LogP contribution in [-0.4, -0.2) is 74.3 Å². The van der Waals surface area contributed by atoms with E-state index in [0.29, 0.717) is 37.7 Å². The van der Waals surface area contributed by atoms with Crippen molar-refractivity contribution in [3.05, 3.63) is 65.9 Å². The highest BCUT2D eigenvalue weighted by molar-refractivity contribution is 5.96. The number of benzene rings is 2. The van der Waals surface area contributed by atoms with Gasteiger partial charge in [0.25, 0.3) is 0 Å². The predicted octanol–water partition coefficient (Wildman–Crippen LogP) is 1.11. The van der Waals surface area contributed by atoms with Gasteiger partial charge < -0.3 is 24.8 Å². The zero-order valence-electron chi connectivity index (χ0n) is 19.4. The molecule has 2 saturated heterocycles. The van der Waals surface area contributed by atoms with Crippen LogP contribution in [0.15, 0.2) is 54.7 Å². The second-order valence-electron chi connectivity index (χ2n) is 8.87. The molecule has 3 N–H and O–H groups in total. The minimum Gasteiger partial charge on any atom is -0.489 e. The highest BCUT2D eigenvalue weighted by Gasteiger charge is 2.43. The molecule has 0 radical (unpaired) electrons. The Bertz CT molecular complexity index is 1130. The Balaban J connectivity index is 1.34. The Morgan fingerprint density at radius 2 is 2.00 bits per heavy atom. The quantitative estimate of drug-likeness (QED) is 0.547. The van der Waals surface area contributed by atoms with Gasteiger partial charge in [-0.1, -0.05) is 24.3 Å². The number of hydrogen-bond acceptors (Lipinski definition) is 8. The van der Waals surface area contributed by atoms with Crippen molar-refractivity contribution in [2.75, 3.05) is 51.0 Å². The first-order valence-electron chi connectivity index (χ1n) is 11.9. The molecule has 3 aliphatic rings. The van der Waals surface area contributed by atoms with Gasteiger partial charge in [-0.2, -0.15) is 5.26 Å². The van der Waals surface area contributed by atoms with Gasteiger partial charge in [-0.3, -0.25) is 15.0 Å². The molecule has 3 atom stereocenters. The largest absolute Gasteiger partial charge is 0.489 e. The zero-order valence-corrected chi connectivity index (χ0v) is 19.4. The fourth-order valence-electron chi connectivity index (χ4n) is 4.83. The highest BCUT2D eigenvalue weighted by atomic mass is 16.5. The summed E-state index contributed by atoms with van der Waals surface area (Å²) in [6.07, 6.45) is 1.10. The third-order valence-corrected chi connectivity index (χ3v) is 6.58. The van der Waals surface area contributed by atoms with Crippen LogP contribution in [0, 0.1) is 17.2 Å². The van der Waals surface area contributed by atoms with Gasteiger partial charge in [0.1, 0.15) is 30.7 Å². The molecule has 0 aromatic heterocycles. The number of β-amino-alcohol motifs (C(OH)–C–C–N with tert-alkyl or cyclic N) is 1. The summed E-state index contributed by atoms with van der Waals surface area (Å²) in [6, 6.07) is 17.5. The van der Waals surface area contributed by atoms with E-state index in [1.54, 1.807) is 12.1 Å². The number of ether oxygens (including phenoxy) is 2. The van der Waals surface area contributed by atoms with Crippen LogP contribution in [0.4, 0.5) is 5.69 Å². The maximum atomic E-state index is 12.9. The third kappa shape index (κ3) is 5.01. The number of para-hydroxylation sites is 1. The van der Waals surface area contributed by atoms with Crippen molar-refractivity contribution in [2.24, 2.45) is 5.92 Å². The summed E-state index contributed by atoms with van der Waals surface area (Å²) in [5.41, 5.74) is 2.96. The summed E-state index contributed by atoms with van der Waals surface area (Å²) in [5.74, 6) is -0.0559. The van der Waals surface area contributed by atoms with Crippen LogP contribution in [0.3, 0.4) is 0 Å². The molecule has 2 fully saturated rings. The van der Waals surface area contributed by atoms with E-state index in [4.69, 9.17) is 9.47 Å². The van der Waals surface area contributed by atoms with Crippen LogP contribution in [0.1, 0.15) is 11.1 Å². The van der Waals surface area contributed by atoms with Crippen LogP contribution >= 0.6 is 0 Å². The number of amides is 1. The Labute approximate surface area is 204 Å². The van der Waals surface area contributed by atoms with E-state index in [0.717, 1.165) is 29.9 Å². The van der Waals surface area contributed by atoms with E-state index in [1.807, 2.05) is 42.6 Å². The molecule has 3 unspecified atom stereocenters. The summed E-state index contributed by atoms with van der Waals surface area (Å²) >= 11 is 0. The summed E-state index contributed by atoms with van der Waals surface area (Å²) in [7, 11) is 0. The first-order valence-corrected chi connectivity index (χ1v) is 11.9. The minimum absolute atomic E-state index is 0.0523. The highest BCUT2D eigenvalue weighted by Crippen LogP contribution is 2.39. The lowest BCUT2D eigenvalue weighted by Gasteiger charge is -2.34. The fourth-order valence-corrected chi connectivity index (χ4v) is 4.83. The molecular weight excluding hydrogens is 446 g/mol. The standard InChI is InChI=1S/C26H29N5O4/c27-13-19-12-18(6-7-23(19)35-16-21(32)14-30-8-10-34-11-9-30)22-15-31(20-4-2-1-3-5-20)25-24(22)26(33)29-17-28-25/h1-7,12,15,21,24-25,28,32H,8-11,14,16-17H2,(H,29,33). The van der Waals surface area contributed by atoms with Gasteiger partial charge in [-0.05, 0) is 35.4 Å². The van der Waals surface area contributed by atoms with Crippen molar-refractivity contribution in [1.29, 1.82) is 5.26 Å². The van der Waals surface area contributed by atoms with Crippen LogP contribution in [-0.2, 0) is 9.53 Å². The molecule has 0 aliphatic carbocycles. The van der Waals surface area contributed by atoms with Gasteiger partial charge >= 0.3 is 0 Å². The van der Waals surface area contributed by atoms with E-state index in [9.17, 15) is 15.2 Å². The van der Waals surface area contributed by atoms with Crippen LogP contribution in [0.5, 0.6) is 5.75 Å². The number of nitrogens with zero attached hydrogens (tertiary/aromatic N) is 3. The van der Waals surface area contributed by atoms with Gasteiger partial charge in [-0.25, -0.2) is 0 Å². The summed E-state index contributed by atoms with van der Waals surface area (Å²) in [5, 5.41) is 26.4. The number of carbonyl (C=O) groups is 1. The van der Waals surface area contributed by atoms with Crippen LogP contribution in [0.25, 0.3) is 5.57 Å². The van der Waals surface area contributed by atoms with Crippen LogP contribution < -0.4 is 20.3 Å². The molecule has 5 rings (SSSR count). The van der Waals surface area contributed by atoms with Gasteiger partial charge in [0.05, 0.1) is 31.4 Å². The fraction of sp³-hybridized carbons (Fsp3) is 0.385. The number of aliphatic hydroxyl groups is 1. The molecule has 0 saturated carbocycles. The molecule has 2 aromatic rings. The normalized spacial score (nSPS) is 23.1. The average Bonchev–Trinajstić information content (AvgIpc) is 3.29. The number of hydrogen-bond donors (Lipinski definition) is 3. The molecule has 9 nitrogen and oxygen atoms in total. The van der Waals surface area contributed by atoms with Crippen molar-refractivity contribution >= 4 is 17.2 Å². The van der Waals surface area contributed by atoms with E-state index in [2.05, 4.69) is 26.5 Å². The van der Waals surface area contributed by atoms with Crippen LogP contribution in [0.2, 0.25) is 0 Å². The lowest BCUT2D eigenvalue weighted by molar-refractivity contribution is -0.125. The average molecular weight is 476 g/mol. The Morgan fingerprint density at radius 3 is 2.77 bits per heavy atom. The molecule has 0 spiro atoms. The topological polar surface area (TPSA) is 110 Å². The molecule has 182 valence electrons. The van der Waals surface area contributed by atoms with E-state index in [1.165, 1.54) is 0 Å². The van der Waals surface area contributed by atoms with E-state index >= 15 is 0 Å². The second kappa shape index (κ2) is 10.5. The number of morpholine rings is 1. The molecule has 2 aromatic carbocycles. The molecule has 0 bridgehead atoms. The smallest absolute Gasteiger partial charge is 0.232 e. The number of rotatable bonds is 7. The third-order valence-electron chi connectivity index (χ3n) is 6.58. The minimum atomic E-state index is -0.672. The summed E-state index contributed by atoms with van der Waals surface area (Å²) in [6.45, 7) is 3.89. The maximum absolute atomic E-state index is 12.9. The number of aliphatic hydroxyl groups excluding tert-OH is 1. The number of carbonyl (C=O) groups excluding carboxylic acids is 1. The SMILES string of the molecule is N#Cc1cc(C2=CN(c3ccccc3)C3NCNC(=O)C23)ccc1OCC(O)CN1CCOCC1. The van der Waals surface area contributed by atoms with Crippen molar-refractivity contribution in [3.8, 4) is 11.8 Å². The molecule has 3 heterocycles. The van der Waals surface area contributed by atoms with Crippen molar-refractivity contribution in [3.63, 3.8) is 0 Å². The number of fused-ring (bicyclic) bond motifs is 1. The molecular formula is C26H29N5O4. The first kappa shape index (κ1) is 23.3. The number of anilines is 1. The van der Waals surface area contributed by atoms with Gasteiger partial charge in [0, 0.05) is 31.5 Å². The van der Waals surface area contributed by atoms with E-state index < -0.39 is 12.0 Å².